The Labute approximate surface area is 307 Å². The molecule has 258 valence electrons. The smallest absolute Gasteiger partial charge is 0.260 e. The van der Waals surface area contributed by atoms with Crippen LogP contribution in [0.25, 0.3) is 0 Å². The average molecular weight is 769 g/mol. The van der Waals surface area contributed by atoms with Gasteiger partial charge in [-0.2, -0.15) is 5.01 Å². The van der Waals surface area contributed by atoms with Crippen molar-refractivity contribution >= 4 is 62.5 Å². The number of aryl methyl sites for hydroxylation is 2. The Morgan fingerprint density at radius 2 is 1.51 bits per heavy atom. The Bertz CT molecular complexity index is 2150. The molecule has 8 nitrogen and oxygen atoms in total. The van der Waals surface area contributed by atoms with Crippen LogP contribution in [0, 0.1) is 43.3 Å². The van der Waals surface area contributed by atoms with Crippen molar-refractivity contribution < 1.29 is 28.7 Å². The predicted molar refractivity (Wildman–Crippen MR) is 193 cm³/mol. The molecular weight excluding hydrogens is 737 g/mol. The van der Waals surface area contributed by atoms with Crippen molar-refractivity contribution in [2.75, 3.05) is 10.3 Å². The molecule has 51 heavy (non-hydrogen) atoms. The van der Waals surface area contributed by atoms with Crippen LogP contribution >= 0.6 is 27.5 Å². The molecule has 2 heterocycles. The number of phenols is 1. The zero-order valence-corrected chi connectivity index (χ0v) is 29.9. The van der Waals surface area contributed by atoms with E-state index in [4.69, 9.17) is 11.6 Å². The zero-order chi connectivity index (χ0) is 35.9. The average Bonchev–Trinajstić information content (AvgIpc) is 3.49. The Hall–Kier alpha value is -4.80. The lowest BCUT2D eigenvalue weighted by atomic mass is 9.49. The van der Waals surface area contributed by atoms with Gasteiger partial charge in [0.15, 0.2) is 0 Å². The number of benzene rings is 4. The van der Waals surface area contributed by atoms with E-state index in [1.54, 1.807) is 62.4 Å². The van der Waals surface area contributed by atoms with Crippen molar-refractivity contribution in [3.63, 3.8) is 0 Å². The van der Waals surface area contributed by atoms with Crippen molar-refractivity contribution in [1.82, 2.24) is 5.01 Å². The minimum Gasteiger partial charge on any atom is -0.507 e. The third kappa shape index (κ3) is 4.98. The van der Waals surface area contributed by atoms with Crippen molar-refractivity contribution in [3.05, 3.63) is 134 Å². The number of rotatable bonds is 5. The number of fused-ring (bicyclic) bond motifs is 4. The van der Waals surface area contributed by atoms with E-state index in [-0.39, 0.29) is 30.4 Å². The number of nitrogens with zero attached hydrogens (tertiary/aromatic N) is 2. The minimum atomic E-state index is -1.50. The standard InChI is InChI=1S/C40H32BrClFN3O5/c1-20-17-22(18-21(2)35(20)47)34-29-15-16-30-33(38(50)45(36(30)48)28-13-5-24(41)6-14-28)31(29)19-32-37(49)46(44-27-11-9-26(43)10-12-27)39(51)40(32,34)23-3-7-25(42)8-4-23/h3-15,17-18,30-34,44,47H,16,19H2,1-2H3/t30-,31+,32-,33-,34-,40+/m0/s1. The highest BCUT2D eigenvalue weighted by molar-refractivity contribution is 9.10. The largest absolute Gasteiger partial charge is 0.507 e. The summed E-state index contributed by atoms with van der Waals surface area (Å²) >= 11 is 9.79. The molecule has 3 fully saturated rings. The fraction of sp³-hybridized carbons (Fsp3) is 0.250. The van der Waals surface area contributed by atoms with Gasteiger partial charge in [0.1, 0.15) is 11.6 Å². The third-order valence-electron chi connectivity index (χ3n) is 11.2. The van der Waals surface area contributed by atoms with Gasteiger partial charge in [0.05, 0.1) is 34.5 Å². The number of imide groups is 2. The maximum atomic E-state index is 15.3. The number of allylic oxidation sites excluding steroid dienone is 2. The van der Waals surface area contributed by atoms with E-state index in [1.165, 1.54) is 29.2 Å². The van der Waals surface area contributed by atoms with E-state index in [0.717, 1.165) is 15.1 Å². The van der Waals surface area contributed by atoms with E-state index in [0.29, 0.717) is 38.7 Å². The highest BCUT2D eigenvalue weighted by Crippen LogP contribution is 2.64. The first-order valence-electron chi connectivity index (χ1n) is 16.7. The molecule has 4 aliphatic rings. The topological polar surface area (TPSA) is 107 Å². The molecule has 0 radical (unpaired) electrons. The third-order valence-corrected chi connectivity index (χ3v) is 12.0. The van der Waals surface area contributed by atoms with Crippen molar-refractivity contribution in [1.29, 1.82) is 0 Å². The summed E-state index contributed by atoms with van der Waals surface area (Å²) in [5.41, 5.74) is 5.52. The van der Waals surface area contributed by atoms with Crippen LogP contribution in [-0.4, -0.2) is 33.7 Å². The molecule has 0 unspecified atom stereocenters. The second kappa shape index (κ2) is 12.2. The second-order valence-electron chi connectivity index (χ2n) is 13.9. The van der Waals surface area contributed by atoms with Gasteiger partial charge in [-0.05, 0) is 116 Å². The molecule has 0 bridgehead atoms. The SMILES string of the molecule is Cc1cc([C@H]2C3=CC[C@@H]4C(=O)N(c5ccc(Br)cc5)C(=O)[C@@H]4[C@@H]3C[C@H]3C(=O)N(Nc4ccc(F)cc4)C(=O)[C@@]23c2ccc(Cl)cc2)cc(C)c1O. The minimum absolute atomic E-state index is 0.121. The number of phenolic OH excluding ortho intramolecular Hbond substituents is 1. The fourth-order valence-electron chi connectivity index (χ4n) is 9.03. The molecule has 1 saturated carbocycles. The second-order valence-corrected chi connectivity index (χ2v) is 15.2. The first kappa shape index (κ1) is 33.3. The first-order valence-corrected chi connectivity index (χ1v) is 17.9. The molecule has 0 spiro atoms. The fourth-order valence-corrected chi connectivity index (χ4v) is 9.42. The van der Waals surface area contributed by atoms with Gasteiger partial charge in [-0.3, -0.25) is 29.5 Å². The van der Waals surface area contributed by atoms with Crippen molar-refractivity contribution in [2.45, 2.75) is 38.0 Å². The summed E-state index contributed by atoms with van der Waals surface area (Å²) in [6.07, 6.45) is 2.40. The molecule has 4 amide bonds. The molecule has 0 aromatic heterocycles. The molecule has 2 N–H and O–H groups in total. The maximum Gasteiger partial charge on any atom is 0.260 e. The molecule has 2 aliphatic carbocycles. The summed E-state index contributed by atoms with van der Waals surface area (Å²) in [5.74, 6) is -5.66. The van der Waals surface area contributed by atoms with Gasteiger partial charge in [0.25, 0.3) is 11.8 Å². The van der Waals surface area contributed by atoms with Crippen LogP contribution in [0.4, 0.5) is 15.8 Å². The van der Waals surface area contributed by atoms with Crippen LogP contribution in [0.3, 0.4) is 0 Å². The molecular formula is C40H32BrClFN3O5. The van der Waals surface area contributed by atoms with Crippen LogP contribution < -0.4 is 10.3 Å². The molecule has 8 rings (SSSR count). The Morgan fingerprint density at radius 3 is 2.16 bits per heavy atom. The van der Waals surface area contributed by atoms with E-state index >= 15 is 4.79 Å². The van der Waals surface area contributed by atoms with E-state index in [1.807, 2.05) is 18.2 Å². The van der Waals surface area contributed by atoms with Crippen LogP contribution in [0.15, 0.2) is 101 Å². The maximum absolute atomic E-state index is 15.3. The number of aromatic hydroxyl groups is 1. The van der Waals surface area contributed by atoms with Crippen molar-refractivity contribution in [3.8, 4) is 5.75 Å². The van der Waals surface area contributed by atoms with Crippen LogP contribution in [0.2, 0.25) is 5.02 Å². The summed E-state index contributed by atoms with van der Waals surface area (Å²) < 4.78 is 14.7. The van der Waals surface area contributed by atoms with E-state index < -0.39 is 52.6 Å². The normalized spacial score (nSPS) is 26.9. The lowest BCUT2D eigenvalue weighted by molar-refractivity contribution is -0.138. The number of hydrogen-bond acceptors (Lipinski definition) is 6. The summed E-state index contributed by atoms with van der Waals surface area (Å²) in [5, 5.41) is 12.3. The summed E-state index contributed by atoms with van der Waals surface area (Å²) in [6.45, 7) is 3.56. The van der Waals surface area contributed by atoms with Gasteiger partial charge >= 0.3 is 0 Å². The number of hydrazine groups is 1. The number of halogens is 3. The summed E-state index contributed by atoms with van der Waals surface area (Å²) in [4.78, 5) is 59.7. The van der Waals surface area contributed by atoms with Gasteiger partial charge in [-0.25, -0.2) is 4.39 Å². The molecule has 11 heteroatoms. The van der Waals surface area contributed by atoms with E-state index in [9.17, 15) is 23.9 Å². The lowest BCUT2D eigenvalue weighted by Crippen LogP contribution is -2.53. The van der Waals surface area contributed by atoms with Crippen LogP contribution in [-0.2, 0) is 24.6 Å². The van der Waals surface area contributed by atoms with Gasteiger partial charge in [0, 0.05) is 15.4 Å². The number of anilines is 2. The monoisotopic (exact) mass is 767 g/mol. The molecule has 2 aliphatic heterocycles. The molecule has 2 saturated heterocycles. The van der Waals surface area contributed by atoms with Gasteiger partial charge in [-0.1, -0.05) is 63.4 Å². The van der Waals surface area contributed by atoms with E-state index in [2.05, 4.69) is 21.4 Å². The Balaban J connectivity index is 1.34. The number of nitrogens with one attached hydrogen (secondary N) is 1. The zero-order valence-electron chi connectivity index (χ0n) is 27.6. The Morgan fingerprint density at radius 1 is 0.863 bits per heavy atom. The van der Waals surface area contributed by atoms with Gasteiger partial charge < -0.3 is 5.11 Å². The number of carbonyl (C=O) groups is 4. The number of carbonyl (C=O) groups excluding carboxylic acids is 4. The lowest BCUT2D eigenvalue weighted by Gasteiger charge is -2.50. The van der Waals surface area contributed by atoms with Gasteiger partial charge in [0.2, 0.25) is 11.8 Å². The first-order chi connectivity index (χ1) is 24.4. The Kier molecular flexibility index (Phi) is 7.95. The summed E-state index contributed by atoms with van der Waals surface area (Å²) in [7, 11) is 0. The highest BCUT2D eigenvalue weighted by Gasteiger charge is 2.70. The molecule has 4 aromatic rings. The van der Waals surface area contributed by atoms with Crippen LogP contribution in [0.1, 0.15) is 41.0 Å². The predicted octanol–water partition coefficient (Wildman–Crippen LogP) is 7.75. The molecule has 6 atom stereocenters. The van der Waals surface area contributed by atoms with Gasteiger partial charge in [-0.15, -0.1) is 0 Å². The quantitative estimate of drug-likeness (QED) is 0.159. The highest BCUT2D eigenvalue weighted by atomic mass is 79.9. The van der Waals surface area contributed by atoms with Crippen LogP contribution in [0.5, 0.6) is 5.75 Å². The van der Waals surface area contributed by atoms with Crippen molar-refractivity contribution in [2.24, 2.45) is 23.7 Å². The number of amides is 4. The number of hydrogen-bond donors (Lipinski definition) is 2. The summed E-state index contributed by atoms with van der Waals surface area (Å²) in [6, 6.07) is 22.9. The molecule has 4 aromatic carbocycles.